The second-order valence-corrected chi connectivity index (χ2v) is 3.62. The molecule has 0 saturated heterocycles. The third-order valence-electron chi connectivity index (χ3n) is 2.20. The highest BCUT2D eigenvalue weighted by atomic mass is 16.5. The van der Waals surface area contributed by atoms with Crippen LogP contribution in [-0.2, 0) is 4.74 Å². The molecule has 3 N–H and O–H groups in total. The smallest absolute Gasteiger partial charge is 0.319 e. The minimum atomic E-state index is -0.451. The van der Waals surface area contributed by atoms with Crippen LogP contribution in [0.1, 0.15) is 5.56 Å². The first-order chi connectivity index (χ1) is 8.69. The number of methoxy groups -OCH3 is 1. The maximum Gasteiger partial charge on any atom is 0.319 e. The molecule has 1 rings (SSSR count). The van der Waals surface area contributed by atoms with Gasteiger partial charge in [0.05, 0.1) is 30.9 Å². The van der Waals surface area contributed by atoms with E-state index in [1.165, 1.54) is 7.11 Å². The van der Waals surface area contributed by atoms with E-state index >= 15 is 0 Å². The Bertz CT molecular complexity index is 425. The van der Waals surface area contributed by atoms with Gasteiger partial charge >= 0.3 is 6.03 Å². The molecular formula is C12H15N3O3. The van der Waals surface area contributed by atoms with Crippen molar-refractivity contribution in [2.75, 3.05) is 25.6 Å². The zero-order chi connectivity index (χ0) is 13.4. The number of anilines is 1. The maximum atomic E-state index is 11.6. The molecule has 1 atom stereocenters. The summed E-state index contributed by atoms with van der Waals surface area (Å²) in [6.07, 6.45) is 0. The molecule has 0 bridgehead atoms. The Hall–Kier alpha value is -2.10. The lowest BCUT2D eigenvalue weighted by molar-refractivity contribution is 0.132. The fourth-order valence-electron chi connectivity index (χ4n) is 1.32. The Morgan fingerprint density at radius 3 is 2.67 bits per heavy atom. The molecule has 6 heteroatoms. The number of carbonyl (C=O) groups is 1. The molecule has 0 aliphatic carbocycles. The highest BCUT2D eigenvalue weighted by molar-refractivity contribution is 5.89. The number of urea groups is 1. The number of rotatable bonds is 5. The van der Waals surface area contributed by atoms with E-state index in [-0.39, 0.29) is 13.2 Å². The fourth-order valence-corrected chi connectivity index (χ4v) is 1.32. The predicted octanol–water partition coefficient (Wildman–Crippen LogP) is 0.687. The van der Waals surface area contributed by atoms with Gasteiger partial charge in [-0.05, 0) is 24.3 Å². The summed E-state index contributed by atoms with van der Waals surface area (Å²) >= 11 is 0. The average molecular weight is 249 g/mol. The topological polar surface area (TPSA) is 94.4 Å². The van der Waals surface area contributed by atoms with Crippen LogP contribution in [0.25, 0.3) is 0 Å². The van der Waals surface area contributed by atoms with E-state index in [1.807, 2.05) is 6.07 Å². The number of amides is 2. The van der Waals surface area contributed by atoms with Crippen LogP contribution in [0.2, 0.25) is 0 Å². The molecule has 0 spiro atoms. The van der Waals surface area contributed by atoms with Crippen molar-refractivity contribution < 1.29 is 14.6 Å². The molecule has 2 amide bonds. The highest BCUT2D eigenvalue weighted by Crippen LogP contribution is 2.08. The van der Waals surface area contributed by atoms with E-state index in [4.69, 9.17) is 15.1 Å². The summed E-state index contributed by atoms with van der Waals surface area (Å²) in [5.41, 5.74) is 1.09. The number of nitrogens with one attached hydrogen (secondary N) is 2. The predicted molar refractivity (Wildman–Crippen MR) is 66.1 cm³/mol. The summed E-state index contributed by atoms with van der Waals surface area (Å²) in [4.78, 5) is 11.6. The number of hydrogen-bond donors (Lipinski definition) is 3. The Labute approximate surface area is 105 Å². The summed E-state index contributed by atoms with van der Waals surface area (Å²) in [5, 5.41) is 22.8. The van der Waals surface area contributed by atoms with Gasteiger partial charge in [-0.3, -0.25) is 0 Å². The Kier molecular flexibility index (Phi) is 5.64. The molecule has 6 nitrogen and oxygen atoms in total. The van der Waals surface area contributed by atoms with Gasteiger partial charge in [-0.1, -0.05) is 0 Å². The van der Waals surface area contributed by atoms with Gasteiger partial charge in [-0.25, -0.2) is 4.79 Å². The monoisotopic (exact) mass is 249 g/mol. The van der Waals surface area contributed by atoms with E-state index < -0.39 is 12.1 Å². The molecule has 96 valence electrons. The van der Waals surface area contributed by atoms with Crippen molar-refractivity contribution in [1.29, 1.82) is 5.26 Å². The molecule has 0 aromatic heterocycles. The van der Waals surface area contributed by atoms with Gasteiger partial charge in [-0.2, -0.15) is 5.26 Å². The van der Waals surface area contributed by atoms with E-state index in [2.05, 4.69) is 10.6 Å². The fraction of sp³-hybridized carbons (Fsp3) is 0.333. The SMILES string of the molecule is COCC(CO)NC(=O)Nc1ccc(C#N)cc1. The minimum absolute atomic E-state index is 0.200. The normalized spacial score (nSPS) is 11.4. The van der Waals surface area contributed by atoms with Crippen LogP contribution in [0.3, 0.4) is 0 Å². The Morgan fingerprint density at radius 2 is 2.17 bits per heavy atom. The molecule has 1 unspecified atom stereocenters. The van der Waals surface area contributed by atoms with Crippen LogP contribution >= 0.6 is 0 Å². The number of aliphatic hydroxyl groups is 1. The number of nitrogens with zero attached hydrogens (tertiary/aromatic N) is 1. The summed E-state index contributed by atoms with van der Waals surface area (Å²) < 4.78 is 4.84. The van der Waals surface area contributed by atoms with E-state index in [1.54, 1.807) is 24.3 Å². The van der Waals surface area contributed by atoms with Gasteiger partial charge in [0.25, 0.3) is 0 Å². The van der Waals surface area contributed by atoms with E-state index in [0.29, 0.717) is 11.3 Å². The lowest BCUT2D eigenvalue weighted by Gasteiger charge is -2.15. The largest absolute Gasteiger partial charge is 0.394 e. The van der Waals surface area contributed by atoms with Crippen molar-refractivity contribution in [2.45, 2.75) is 6.04 Å². The summed E-state index contributed by atoms with van der Waals surface area (Å²) in [5.74, 6) is 0. The average Bonchev–Trinajstić information content (AvgIpc) is 2.39. The molecule has 1 aromatic rings. The molecular weight excluding hydrogens is 234 g/mol. The molecule has 0 saturated carbocycles. The molecule has 0 aliphatic heterocycles. The summed E-state index contributed by atoms with van der Waals surface area (Å²) in [6, 6.07) is 7.57. The van der Waals surface area contributed by atoms with Gasteiger partial charge in [0.2, 0.25) is 0 Å². The summed E-state index contributed by atoms with van der Waals surface area (Å²) in [7, 11) is 1.49. The van der Waals surface area contributed by atoms with E-state index in [0.717, 1.165) is 0 Å². The van der Waals surface area contributed by atoms with Crippen molar-refractivity contribution in [2.24, 2.45) is 0 Å². The highest BCUT2D eigenvalue weighted by Gasteiger charge is 2.10. The van der Waals surface area contributed by atoms with Crippen molar-refractivity contribution in [3.05, 3.63) is 29.8 Å². The number of ether oxygens (including phenoxy) is 1. The second-order valence-electron chi connectivity index (χ2n) is 3.62. The van der Waals surface area contributed by atoms with Gasteiger partial charge < -0.3 is 20.5 Å². The maximum absolute atomic E-state index is 11.6. The quantitative estimate of drug-likeness (QED) is 0.715. The molecule has 18 heavy (non-hydrogen) atoms. The lowest BCUT2D eigenvalue weighted by atomic mass is 10.2. The number of carbonyl (C=O) groups excluding carboxylic acids is 1. The van der Waals surface area contributed by atoms with Crippen LogP contribution in [0.15, 0.2) is 24.3 Å². The molecule has 0 fully saturated rings. The molecule has 0 heterocycles. The van der Waals surface area contributed by atoms with E-state index in [9.17, 15) is 4.79 Å². The second kappa shape index (κ2) is 7.27. The Balaban J connectivity index is 2.50. The van der Waals surface area contributed by atoms with Crippen molar-refractivity contribution in [1.82, 2.24) is 5.32 Å². The first-order valence-corrected chi connectivity index (χ1v) is 5.37. The minimum Gasteiger partial charge on any atom is -0.394 e. The zero-order valence-electron chi connectivity index (χ0n) is 10.0. The van der Waals surface area contributed by atoms with Gasteiger partial charge in [0.15, 0.2) is 0 Å². The number of benzene rings is 1. The first kappa shape index (κ1) is 14.0. The van der Waals surface area contributed by atoms with Crippen molar-refractivity contribution in [3.63, 3.8) is 0 Å². The van der Waals surface area contributed by atoms with Crippen LogP contribution in [0.4, 0.5) is 10.5 Å². The Morgan fingerprint density at radius 1 is 1.50 bits per heavy atom. The van der Waals surface area contributed by atoms with Crippen molar-refractivity contribution in [3.8, 4) is 6.07 Å². The van der Waals surface area contributed by atoms with Gasteiger partial charge in [0, 0.05) is 12.8 Å². The third kappa shape index (κ3) is 4.41. The van der Waals surface area contributed by atoms with Crippen LogP contribution in [0.5, 0.6) is 0 Å². The van der Waals surface area contributed by atoms with Crippen molar-refractivity contribution >= 4 is 11.7 Å². The van der Waals surface area contributed by atoms with Crippen LogP contribution in [-0.4, -0.2) is 37.5 Å². The number of hydrogen-bond acceptors (Lipinski definition) is 4. The third-order valence-corrected chi connectivity index (χ3v) is 2.20. The number of nitriles is 1. The van der Waals surface area contributed by atoms with Crippen LogP contribution in [0, 0.1) is 11.3 Å². The van der Waals surface area contributed by atoms with Crippen LogP contribution < -0.4 is 10.6 Å². The lowest BCUT2D eigenvalue weighted by Crippen LogP contribution is -2.42. The molecule has 0 aliphatic rings. The summed E-state index contributed by atoms with van der Waals surface area (Å²) in [6.45, 7) is 0.0337. The molecule has 1 aromatic carbocycles. The number of aliphatic hydroxyl groups excluding tert-OH is 1. The zero-order valence-corrected chi connectivity index (χ0v) is 10.0. The first-order valence-electron chi connectivity index (χ1n) is 5.37. The van der Waals surface area contributed by atoms with Gasteiger partial charge in [0.1, 0.15) is 0 Å². The standard InChI is InChI=1S/C12H15N3O3/c1-18-8-11(7-16)15-12(17)14-10-4-2-9(6-13)3-5-10/h2-5,11,16H,7-8H2,1H3,(H2,14,15,17). The molecule has 0 radical (unpaired) electrons. The van der Waals surface area contributed by atoms with Gasteiger partial charge in [-0.15, -0.1) is 0 Å².